The summed E-state index contributed by atoms with van der Waals surface area (Å²) in [7, 11) is 1.20. The summed E-state index contributed by atoms with van der Waals surface area (Å²) in [6.07, 6.45) is 2.61. The number of aromatic carboxylic acids is 1. The zero-order valence-corrected chi connectivity index (χ0v) is 9.27. The zero-order chi connectivity index (χ0) is 13.1. The number of hydrogen-bond acceptors (Lipinski definition) is 6. The van der Waals surface area contributed by atoms with Crippen LogP contribution in [-0.2, 0) is 4.74 Å². The second-order valence-corrected chi connectivity index (χ2v) is 3.18. The first-order chi connectivity index (χ1) is 8.63. The van der Waals surface area contributed by atoms with E-state index in [1.54, 1.807) is 0 Å². The highest BCUT2D eigenvalue weighted by atomic mass is 16.5. The van der Waals surface area contributed by atoms with E-state index in [9.17, 15) is 9.59 Å². The Kier molecular flexibility index (Phi) is 3.00. The molecule has 0 atom stereocenters. The maximum absolute atomic E-state index is 11.2. The van der Waals surface area contributed by atoms with Crippen LogP contribution >= 0.6 is 0 Å². The third-order valence-electron chi connectivity index (χ3n) is 2.09. The van der Waals surface area contributed by atoms with Gasteiger partial charge < -0.3 is 9.84 Å². The summed E-state index contributed by atoms with van der Waals surface area (Å²) in [6, 6.07) is 2.87. The fourth-order valence-electron chi connectivity index (χ4n) is 1.30. The van der Waals surface area contributed by atoms with E-state index in [4.69, 9.17) is 5.11 Å². The predicted octanol–water partition coefficient (Wildman–Crippen LogP) is 0.147. The molecule has 0 aromatic carbocycles. The Balaban J connectivity index is 2.46. The van der Waals surface area contributed by atoms with Gasteiger partial charge in [0.05, 0.1) is 7.11 Å². The molecule has 2 aromatic rings. The third-order valence-corrected chi connectivity index (χ3v) is 2.09. The van der Waals surface area contributed by atoms with Crippen LogP contribution in [0.5, 0.6) is 0 Å². The molecule has 0 radical (unpaired) electrons. The first-order valence-corrected chi connectivity index (χ1v) is 4.82. The van der Waals surface area contributed by atoms with Gasteiger partial charge in [0.25, 0.3) is 5.82 Å². The van der Waals surface area contributed by atoms with Gasteiger partial charge in [-0.2, -0.15) is 0 Å². The minimum Gasteiger partial charge on any atom is -0.478 e. The molecule has 2 aromatic heterocycles. The molecule has 2 rings (SSSR count). The summed E-state index contributed by atoms with van der Waals surface area (Å²) in [4.78, 5) is 29.8. The lowest BCUT2D eigenvalue weighted by Gasteiger charge is -2.02. The number of pyridine rings is 1. The Labute approximate surface area is 101 Å². The minimum atomic E-state index is -1.15. The number of carboxylic acid groups (broad SMARTS) is 1. The van der Waals surface area contributed by atoms with E-state index in [2.05, 4.69) is 19.8 Å². The van der Waals surface area contributed by atoms with Crippen molar-refractivity contribution in [2.75, 3.05) is 7.11 Å². The zero-order valence-electron chi connectivity index (χ0n) is 9.27. The number of methoxy groups -OCH3 is 1. The summed E-state index contributed by atoms with van der Waals surface area (Å²) in [5.41, 5.74) is -0.0428. The largest absolute Gasteiger partial charge is 0.478 e. The van der Waals surface area contributed by atoms with Crippen molar-refractivity contribution in [3.63, 3.8) is 0 Å². The maximum Gasteiger partial charge on any atom is 0.377 e. The maximum atomic E-state index is 11.2. The number of carboxylic acids is 1. The van der Waals surface area contributed by atoms with E-state index >= 15 is 0 Å². The topological polar surface area (TPSA) is 107 Å². The van der Waals surface area contributed by atoms with Crippen molar-refractivity contribution in [3.05, 3.63) is 36.0 Å². The summed E-state index contributed by atoms with van der Waals surface area (Å²) in [5, 5.41) is 12.8. The number of carbonyl (C=O) groups is 2. The van der Waals surface area contributed by atoms with E-state index in [-0.39, 0.29) is 17.2 Å². The van der Waals surface area contributed by atoms with E-state index in [0.717, 1.165) is 4.68 Å². The van der Waals surface area contributed by atoms with Gasteiger partial charge in [-0.1, -0.05) is 0 Å². The lowest BCUT2D eigenvalue weighted by atomic mass is 10.2. The van der Waals surface area contributed by atoms with Gasteiger partial charge in [-0.15, -0.1) is 5.10 Å². The molecule has 0 aliphatic rings. The number of esters is 1. The molecule has 0 saturated heterocycles. The van der Waals surface area contributed by atoms with E-state index in [1.165, 1.54) is 31.8 Å². The van der Waals surface area contributed by atoms with Crippen LogP contribution in [0.25, 0.3) is 5.82 Å². The molecule has 18 heavy (non-hydrogen) atoms. The van der Waals surface area contributed by atoms with Crippen molar-refractivity contribution in [1.29, 1.82) is 0 Å². The fourth-order valence-corrected chi connectivity index (χ4v) is 1.30. The van der Waals surface area contributed by atoms with E-state index in [0.29, 0.717) is 0 Å². The monoisotopic (exact) mass is 248 g/mol. The lowest BCUT2D eigenvalue weighted by Crippen LogP contribution is -2.09. The van der Waals surface area contributed by atoms with Crippen molar-refractivity contribution in [2.24, 2.45) is 0 Å². The summed E-state index contributed by atoms with van der Waals surface area (Å²) in [5.74, 6) is -1.94. The highest BCUT2D eigenvalue weighted by molar-refractivity contribution is 5.91. The van der Waals surface area contributed by atoms with Crippen LogP contribution < -0.4 is 0 Å². The molecule has 0 aliphatic carbocycles. The Hall–Kier alpha value is -2.77. The van der Waals surface area contributed by atoms with Crippen LogP contribution in [-0.4, -0.2) is 43.9 Å². The van der Waals surface area contributed by atoms with Gasteiger partial charge in [-0.25, -0.2) is 24.2 Å². The van der Waals surface area contributed by atoms with Crippen molar-refractivity contribution in [2.45, 2.75) is 0 Å². The Morgan fingerprint density at radius 2 is 2.17 bits per heavy atom. The van der Waals surface area contributed by atoms with E-state index in [1.807, 2.05) is 0 Å². The number of rotatable bonds is 3. The molecule has 0 saturated carbocycles. The molecule has 0 aliphatic heterocycles. The molecular formula is C10H8N4O4. The molecule has 0 amide bonds. The van der Waals surface area contributed by atoms with Crippen LogP contribution in [0.1, 0.15) is 21.0 Å². The standard InChI is InChI=1S/C10H8N4O4/c1-18-10(17)7-12-5-14(13-7)8-6(9(15)16)3-2-4-11-8/h2-5H,1H3,(H,15,16). The fraction of sp³-hybridized carbons (Fsp3) is 0.100. The average molecular weight is 248 g/mol. The van der Waals surface area contributed by atoms with Crippen LogP contribution in [0.3, 0.4) is 0 Å². The summed E-state index contributed by atoms with van der Waals surface area (Å²) >= 11 is 0. The molecular weight excluding hydrogens is 240 g/mol. The van der Waals surface area contributed by atoms with E-state index < -0.39 is 11.9 Å². The first-order valence-electron chi connectivity index (χ1n) is 4.82. The molecule has 0 spiro atoms. The third kappa shape index (κ3) is 2.03. The lowest BCUT2D eigenvalue weighted by molar-refractivity contribution is 0.0586. The van der Waals surface area contributed by atoms with Crippen molar-refractivity contribution >= 4 is 11.9 Å². The van der Waals surface area contributed by atoms with Crippen LogP contribution in [0.15, 0.2) is 24.7 Å². The van der Waals surface area contributed by atoms with Gasteiger partial charge in [0.1, 0.15) is 11.9 Å². The van der Waals surface area contributed by atoms with Gasteiger partial charge in [0.15, 0.2) is 5.82 Å². The van der Waals surface area contributed by atoms with Crippen molar-refractivity contribution < 1.29 is 19.4 Å². The Morgan fingerprint density at radius 3 is 2.83 bits per heavy atom. The number of ether oxygens (including phenoxy) is 1. The second-order valence-electron chi connectivity index (χ2n) is 3.18. The normalized spacial score (nSPS) is 10.1. The molecule has 8 nitrogen and oxygen atoms in total. The smallest absolute Gasteiger partial charge is 0.377 e. The second kappa shape index (κ2) is 4.62. The van der Waals surface area contributed by atoms with Gasteiger partial charge in [-0.05, 0) is 12.1 Å². The molecule has 1 N–H and O–H groups in total. The van der Waals surface area contributed by atoms with Gasteiger partial charge in [0.2, 0.25) is 0 Å². The van der Waals surface area contributed by atoms with Crippen LogP contribution in [0.4, 0.5) is 0 Å². The van der Waals surface area contributed by atoms with Crippen molar-refractivity contribution in [1.82, 2.24) is 19.7 Å². The quantitative estimate of drug-likeness (QED) is 0.770. The molecule has 2 heterocycles. The minimum absolute atomic E-state index is 0.0428. The number of carbonyl (C=O) groups excluding carboxylic acids is 1. The number of aromatic nitrogens is 4. The van der Waals surface area contributed by atoms with Gasteiger partial charge >= 0.3 is 11.9 Å². The van der Waals surface area contributed by atoms with Crippen LogP contribution in [0, 0.1) is 0 Å². The SMILES string of the molecule is COC(=O)c1ncn(-c2ncccc2C(=O)O)n1. The first kappa shape index (κ1) is 11.7. The summed E-state index contributed by atoms with van der Waals surface area (Å²) < 4.78 is 5.56. The molecule has 0 fully saturated rings. The Bertz CT molecular complexity index is 607. The van der Waals surface area contributed by atoms with Crippen molar-refractivity contribution in [3.8, 4) is 5.82 Å². The number of nitrogens with zero attached hydrogens (tertiary/aromatic N) is 4. The molecule has 0 unspecified atom stereocenters. The van der Waals surface area contributed by atoms with Gasteiger partial charge in [0, 0.05) is 6.20 Å². The predicted molar refractivity (Wildman–Crippen MR) is 57.5 cm³/mol. The molecule has 0 bridgehead atoms. The molecule has 92 valence electrons. The number of hydrogen-bond donors (Lipinski definition) is 1. The Morgan fingerprint density at radius 1 is 1.39 bits per heavy atom. The molecule has 8 heteroatoms. The van der Waals surface area contributed by atoms with Crippen LogP contribution in [0.2, 0.25) is 0 Å². The highest BCUT2D eigenvalue weighted by Crippen LogP contribution is 2.10. The van der Waals surface area contributed by atoms with Gasteiger partial charge in [-0.3, -0.25) is 0 Å². The summed E-state index contributed by atoms with van der Waals surface area (Å²) in [6.45, 7) is 0. The highest BCUT2D eigenvalue weighted by Gasteiger charge is 2.16. The average Bonchev–Trinajstić information content (AvgIpc) is 2.87.